The monoisotopic (exact) mass is 463 g/mol. The summed E-state index contributed by atoms with van der Waals surface area (Å²) >= 11 is 0. The largest absolute Gasteiger partial charge is 0.456 e. The van der Waals surface area contributed by atoms with Crippen LogP contribution in [0.5, 0.6) is 0 Å². The average Bonchev–Trinajstić information content (AvgIpc) is 3.31. The number of hydrogen-bond donors (Lipinski definition) is 1. The van der Waals surface area contributed by atoms with Gasteiger partial charge in [0.05, 0.1) is 0 Å². The SMILES string of the molecule is C1=CC2C=CC=C(c3ccc(Nc4ccc5c(c4)oc4ccccc45)cc3)C2C(c2ccccc2)=C1. The second-order valence-electron chi connectivity index (χ2n) is 9.45. The zero-order chi connectivity index (χ0) is 23.9. The summed E-state index contributed by atoms with van der Waals surface area (Å²) in [5.41, 5.74) is 9.16. The van der Waals surface area contributed by atoms with Gasteiger partial charge in [-0.3, -0.25) is 0 Å². The summed E-state index contributed by atoms with van der Waals surface area (Å²) in [7, 11) is 0. The van der Waals surface area contributed by atoms with Gasteiger partial charge in [-0.05, 0) is 52.6 Å². The zero-order valence-corrected chi connectivity index (χ0v) is 19.8. The first kappa shape index (κ1) is 20.8. The van der Waals surface area contributed by atoms with E-state index in [4.69, 9.17) is 4.42 Å². The van der Waals surface area contributed by atoms with Crippen LogP contribution in [0.4, 0.5) is 11.4 Å². The number of nitrogens with one attached hydrogen (secondary N) is 1. The molecule has 0 spiro atoms. The number of para-hydroxylation sites is 1. The molecule has 2 atom stereocenters. The minimum Gasteiger partial charge on any atom is -0.456 e. The summed E-state index contributed by atoms with van der Waals surface area (Å²) in [6.07, 6.45) is 13.6. The van der Waals surface area contributed by atoms with Gasteiger partial charge in [0, 0.05) is 40.0 Å². The first-order chi connectivity index (χ1) is 17.8. The van der Waals surface area contributed by atoms with Crippen molar-refractivity contribution in [3.63, 3.8) is 0 Å². The minimum atomic E-state index is 0.316. The average molecular weight is 464 g/mol. The molecule has 1 heterocycles. The lowest BCUT2D eigenvalue weighted by atomic mass is 9.71. The van der Waals surface area contributed by atoms with Crippen LogP contribution in [0.15, 0.2) is 138 Å². The molecule has 36 heavy (non-hydrogen) atoms. The molecule has 0 fully saturated rings. The lowest BCUT2D eigenvalue weighted by Crippen LogP contribution is -2.19. The number of hydrogen-bond acceptors (Lipinski definition) is 2. The maximum Gasteiger partial charge on any atom is 0.137 e. The van der Waals surface area contributed by atoms with Crippen LogP contribution >= 0.6 is 0 Å². The van der Waals surface area contributed by atoms with E-state index >= 15 is 0 Å². The van der Waals surface area contributed by atoms with Crippen LogP contribution in [0.2, 0.25) is 0 Å². The van der Waals surface area contributed by atoms with Crippen molar-refractivity contribution in [2.24, 2.45) is 11.8 Å². The normalized spacial score (nSPS) is 18.7. The van der Waals surface area contributed by atoms with E-state index in [0.717, 1.165) is 33.3 Å². The Morgan fingerprint density at radius 2 is 1.19 bits per heavy atom. The molecule has 2 aliphatic rings. The van der Waals surface area contributed by atoms with Gasteiger partial charge in [-0.1, -0.05) is 97.1 Å². The van der Waals surface area contributed by atoms with Crippen LogP contribution in [0, 0.1) is 11.8 Å². The van der Waals surface area contributed by atoms with Crippen molar-refractivity contribution in [1.82, 2.24) is 0 Å². The van der Waals surface area contributed by atoms with E-state index in [2.05, 4.69) is 121 Å². The minimum absolute atomic E-state index is 0.316. The lowest BCUT2D eigenvalue weighted by molar-refractivity contribution is 0.669. The molecule has 0 saturated carbocycles. The fraction of sp³-hybridized carbons (Fsp3) is 0.0588. The summed E-state index contributed by atoms with van der Waals surface area (Å²) in [5.74, 6) is 0.690. The molecule has 2 nitrogen and oxygen atoms in total. The van der Waals surface area contributed by atoms with Gasteiger partial charge in [0.1, 0.15) is 11.2 Å². The van der Waals surface area contributed by atoms with E-state index in [1.54, 1.807) is 0 Å². The fourth-order valence-corrected chi connectivity index (χ4v) is 5.55. The Morgan fingerprint density at radius 3 is 1.97 bits per heavy atom. The highest BCUT2D eigenvalue weighted by atomic mass is 16.3. The molecular formula is C34H25NO. The third kappa shape index (κ3) is 3.59. The molecule has 2 heteroatoms. The highest BCUT2D eigenvalue weighted by Gasteiger charge is 2.30. The quantitative estimate of drug-likeness (QED) is 0.287. The van der Waals surface area contributed by atoms with E-state index in [0.29, 0.717) is 11.8 Å². The lowest BCUT2D eigenvalue weighted by Gasteiger charge is -2.33. The second kappa shape index (κ2) is 8.58. The van der Waals surface area contributed by atoms with Gasteiger partial charge in [0.25, 0.3) is 0 Å². The van der Waals surface area contributed by atoms with Crippen molar-refractivity contribution in [2.75, 3.05) is 5.32 Å². The topological polar surface area (TPSA) is 25.2 Å². The highest BCUT2D eigenvalue weighted by Crippen LogP contribution is 2.45. The van der Waals surface area contributed by atoms with E-state index in [-0.39, 0.29) is 0 Å². The molecule has 4 aromatic carbocycles. The molecule has 2 aliphatic carbocycles. The Labute approximate surface area is 210 Å². The van der Waals surface area contributed by atoms with E-state index in [1.165, 1.54) is 22.3 Å². The number of fused-ring (bicyclic) bond motifs is 4. The zero-order valence-electron chi connectivity index (χ0n) is 19.8. The van der Waals surface area contributed by atoms with Gasteiger partial charge in [0.15, 0.2) is 0 Å². The third-order valence-corrected chi connectivity index (χ3v) is 7.27. The summed E-state index contributed by atoms with van der Waals surface area (Å²) in [6.45, 7) is 0. The maximum absolute atomic E-state index is 6.06. The molecule has 0 amide bonds. The van der Waals surface area contributed by atoms with Gasteiger partial charge in [-0.25, -0.2) is 0 Å². The van der Waals surface area contributed by atoms with Gasteiger partial charge in [-0.15, -0.1) is 0 Å². The molecule has 0 aliphatic heterocycles. The maximum atomic E-state index is 6.06. The predicted molar refractivity (Wildman–Crippen MR) is 151 cm³/mol. The van der Waals surface area contributed by atoms with Crippen molar-refractivity contribution in [2.45, 2.75) is 0 Å². The van der Waals surface area contributed by atoms with Crippen molar-refractivity contribution >= 4 is 44.5 Å². The molecule has 5 aromatic rings. The molecule has 0 radical (unpaired) electrons. The van der Waals surface area contributed by atoms with Gasteiger partial charge < -0.3 is 9.73 Å². The second-order valence-corrected chi connectivity index (χ2v) is 9.45. The molecule has 172 valence electrons. The fourth-order valence-electron chi connectivity index (χ4n) is 5.55. The molecule has 1 N–H and O–H groups in total. The number of furan rings is 1. The smallest absolute Gasteiger partial charge is 0.137 e. The first-order valence-electron chi connectivity index (χ1n) is 12.4. The Morgan fingerprint density at radius 1 is 0.556 bits per heavy atom. The van der Waals surface area contributed by atoms with Crippen LogP contribution in [-0.4, -0.2) is 0 Å². The molecule has 2 unspecified atom stereocenters. The number of benzene rings is 4. The Hall–Kier alpha value is -4.56. The van der Waals surface area contributed by atoms with Gasteiger partial charge in [-0.2, -0.15) is 0 Å². The van der Waals surface area contributed by atoms with Crippen LogP contribution in [0.1, 0.15) is 11.1 Å². The summed E-state index contributed by atoms with van der Waals surface area (Å²) < 4.78 is 6.06. The van der Waals surface area contributed by atoms with Crippen molar-refractivity contribution in [3.8, 4) is 0 Å². The Kier molecular flexibility index (Phi) is 4.96. The highest BCUT2D eigenvalue weighted by molar-refractivity contribution is 6.05. The molecule has 0 bridgehead atoms. The van der Waals surface area contributed by atoms with E-state index in [9.17, 15) is 0 Å². The molecule has 7 rings (SSSR count). The van der Waals surface area contributed by atoms with Crippen molar-refractivity contribution in [3.05, 3.63) is 145 Å². The molecular weight excluding hydrogens is 438 g/mol. The number of rotatable bonds is 4. The number of anilines is 2. The summed E-state index contributed by atoms with van der Waals surface area (Å²) in [4.78, 5) is 0. The Bertz CT molecular complexity index is 1700. The standard InChI is InChI=1S/C34H25NO/c1-2-8-23(9-3-1)28-13-6-10-25-11-7-14-29(34(25)28)24-16-18-26(19-17-24)35-27-20-21-31-30-12-4-5-15-32(30)36-33(31)22-27/h1-22,25,34-35H. The third-order valence-electron chi connectivity index (χ3n) is 7.27. The predicted octanol–water partition coefficient (Wildman–Crippen LogP) is 9.17. The van der Waals surface area contributed by atoms with Crippen molar-refractivity contribution < 1.29 is 4.42 Å². The van der Waals surface area contributed by atoms with Crippen molar-refractivity contribution in [1.29, 1.82) is 0 Å². The van der Waals surface area contributed by atoms with Gasteiger partial charge in [0.2, 0.25) is 0 Å². The van der Waals surface area contributed by atoms with Crippen LogP contribution in [0.25, 0.3) is 33.1 Å². The van der Waals surface area contributed by atoms with E-state index in [1.807, 2.05) is 18.2 Å². The Balaban J connectivity index is 1.17. The molecule has 0 saturated heterocycles. The van der Waals surface area contributed by atoms with Crippen LogP contribution in [0.3, 0.4) is 0 Å². The van der Waals surface area contributed by atoms with E-state index < -0.39 is 0 Å². The summed E-state index contributed by atoms with van der Waals surface area (Å²) in [5, 5.41) is 5.84. The summed E-state index contributed by atoms with van der Waals surface area (Å²) in [6, 6.07) is 34.0. The van der Waals surface area contributed by atoms with Crippen LogP contribution in [-0.2, 0) is 0 Å². The molecule has 1 aromatic heterocycles. The van der Waals surface area contributed by atoms with Crippen LogP contribution < -0.4 is 5.32 Å². The van der Waals surface area contributed by atoms with Gasteiger partial charge >= 0.3 is 0 Å². The first-order valence-corrected chi connectivity index (χ1v) is 12.4. The number of allylic oxidation sites excluding steroid dienone is 8.